The lowest BCUT2D eigenvalue weighted by molar-refractivity contribution is -0.106. The topological polar surface area (TPSA) is 91.3 Å². The van der Waals surface area contributed by atoms with Crippen LogP contribution in [0.1, 0.15) is 10.4 Å². The largest absolute Gasteiger partial charge is 0.361 e. The van der Waals surface area contributed by atoms with Crippen molar-refractivity contribution in [3.63, 3.8) is 0 Å². The van der Waals surface area contributed by atoms with Gasteiger partial charge in [0.15, 0.2) is 11.6 Å². The van der Waals surface area contributed by atoms with Gasteiger partial charge in [0.2, 0.25) is 0 Å². The molecule has 0 spiro atoms. The number of nitrogens with zero attached hydrogens (tertiary/aromatic N) is 1. The van der Waals surface area contributed by atoms with Crippen LogP contribution in [0.4, 0.5) is 10.2 Å². The Kier molecular flexibility index (Phi) is 3.69. The van der Waals surface area contributed by atoms with Crippen molar-refractivity contribution in [3.05, 3.63) is 23.6 Å². The Hall–Kier alpha value is -2.02. The van der Waals surface area contributed by atoms with E-state index in [1.807, 2.05) is 0 Å². The Labute approximate surface area is 84.1 Å². The fourth-order valence-corrected chi connectivity index (χ4v) is 0.895. The molecule has 1 aromatic heterocycles. The van der Waals surface area contributed by atoms with Gasteiger partial charge in [0, 0.05) is 6.20 Å². The van der Waals surface area contributed by atoms with Gasteiger partial charge in [0.05, 0.1) is 12.1 Å². The van der Waals surface area contributed by atoms with Crippen LogP contribution in [0.3, 0.4) is 0 Å². The molecule has 0 atom stereocenters. The molecule has 1 amide bonds. The standard InChI is InChI=1S/C8H8FN3O3/c9-6-3-5(8(14)12-15)4-11-7(6)10-1-2-13/h2-4,15H,1H2,(H,10,11)(H,12,14). The van der Waals surface area contributed by atoms with Gasteiger partial charge in [-0.15, -0.1) is 0 Å². The minimum absolute atomic E-state index is 0.0739. The number of pyridine rings is 1. The monoisotopic (exact) mass is 213 g/mol. The number of carbonyl (C=O) groups excluding carboxylic acids is 2. The van der Waals surface area contributed by atoms with Gasteiger partial charge in [0.25, 0.3) is 5.91 Å². The highest BCUT2D eigenvalue weighted by molar-refractivity contribution is 5.93. The second-order valence-electron chi connectivity index (χ2n) is 2.54. The van der Waals surface area contributed by atoms with E-state index in [4.69, 9.17) is 5.21 Å². The van der Waals surface area contributed by atoms with Crippen LogP contribution in [0.25, 0.3) is 0 Å². The third kappa shape index (κ3) is 2.71. The zero-order valence-electron chi connectivity index (χ0n) is 7.53. The van der Waals surface area contributed by atoms with Crippen molar-refractivity contribution in [1.29, 1.82) is 0 Å². The minimum atomic E-state index is -0.858. The van der Waals surface area contributed by atoms with Gasteiger partial charge in [-0.05, 0) is 6.07 Å². The lowest BCUT2D eigenvalue weighted by Crippen LogP contribution is -2.19. The molecule has 7 heteroatoms. The van der Waals surface area contributed by atoms with Gasteiger partial charge in [-0.25, -0.2) is 14.9 Å². The van der Waals surface area contributed by atoms with Gasteiger partial charge < -0.3 is 10.1 Å². The van der Waals surface area contributed by atoms with Crippen molar-refractivity contribution < 1.29 is 19.2 Å². The minimum Gasteiger partial charge on any atom is -0.361 e. The predicted molar refractivity (Wildman–Crippen MR) is 48.0 cm³/mol. The quantitative estimate of drug-likeness (QED) is 0.370. The Morgan fingerprint density at radius 3 is 2.93 bits per heavy atom. The van der Waals surface area contributed by atoms with Crippen LogP contribution in [-0.2, 0) is 4.79 Å². The van der Waals surface area contributed by atoms with E-state index in [2.05, 4.69) is 10.3 Å². The predicted octanol–water partition coefficient (Wildman–Crippen LogP) is -0.0495. The van der Waals surface area contributed by atoms with Crippen molar-refractivity contribution in [2.75, 3.05) is 11.9 Å². The summed E-state index contributed by atoms with van der Waals surface area (Å²) < 4.78 is 13.2. The molecule has 1 aromatic rings. The number of hydrogen-bond donors (Lipinski definition) is 3. The molecule has 0 fully saturated rings. The summed E-state index contributed by atoms with van der Waals surface area (Å²) in [6.45, 7) is -0.0739. The first-order valence-electron chi connectivity index (χ1n) is 3.96. The number of halogens is 1. The van der Waals surface area contributed by atoms with Gasteiger partial charge >= 0.3 is 0 Å². The van der Waals surface area contributed by atoms with Gasteiger partial charge in [-0.1, -0.05) is 0 Å². The first-order valence-corrected chi connectivity index (χ1v) is 3.96. The van der Waals surface area contributed by atoms with Crippen molar-refractivity contribution in [3.8, 4) is 0 Å². The Bertz CT molecular complexity index is 383. The van der Waals surface area contributed by atoms with Gasteiger partial charge in [-0.3, -0.25) is 10.0 Å². The number of nitrogens with one attached hydrogen (secondary N) is 2. The average Bonchev–Trinajstić information content (AvgIpc) is 2.26. The van der Waals surface area contributed by atoms with Crippen LogP contribution in [-0.4, -0.2) is 28.9 Å². The molecule has 0 saturated carbocycles. The number of hydrogen-bond acceptors (Lipinski definition) is 5. The summed E-state index contributed by atoms with van der Waals surface area (Å²) in [4.78, 5) is 24.4. The molecule has 1 heterocycles. The maximum Gasteiger partial charge on any atom is 0.276 e. The zero-order valence-corrected chi connectivity index (χ0v) is 7.53. The Morgan fingerprint density at radius 2 is 2.40 bits per heavy atom. The summed E-state index contributed by atoms with van der Waals surface area (Å²) in [5.74, 6) is -1.77. The molecule has 0 aromatic carbocycles. The second kappa shape index (κ2) is 5.01. The third-order valence-electron chi connectivity index (χ3n) is 1.56. The number of anilines is 1. The molecule has 0 aliphatic heterocycles. The van der Waals surface area contributed by atoms with Crippen LogP contribution in [0.2, 0.25) is 0 Å². The molecule has 3 N–H and O–H groups in total. The van der Waals surface area contributed by atoms with E-state index >= 15 is 0 Å². The van der Waals surface area contributed by atoms with E-state index < -0.39 is 11.7 Å². The summed E-state index contributed by atoms with van der Waals surface area (Å²) in [5.41, 5.74) is 1.23. The van der Waals surface area contributed by atoms with Crippen LogP contribution in [0, 0.1) is 5.82 Å². The van der Waals surface area contributed by atoms with Crippen molar-refractivity contribution in [1.82, 2.24) is 10.5 Å². The van der Waals surface area contributed by atoms with Crippen molar-refractivity contribution in [2.24, 2.45) is 0 Å². The summed E-state index contributed by atoms with van der Waals surface area (Å²) in [7, 11) is 0. The van der Waals surface area contributed by atoms with E-state index in [9.17, 15) is 14.0 Å². The molecule has 0 saturated heterocycles. The highest BCUT2D eigenvalue weighted by Crippen LogP contribution is 2.11. The molecular formula is C8H8FN3O3. The molecule has 1 rings (SSSR count). The summed E-state index contributed by atoms with van der Waals surface area (Å²) in [6.07, 6.45) is 1.62. The van der Waals surface area contributed by atoms with Crippen molar-refractivity contribution in [2.45, 2.75) is 0 Å². The Morgan fingerprint density at radius 1 is 1.67 bits per heavy atom. The Balaban J connectivity index is 2.87. The molecule has 15 heavy (non-hydrogen) atoms. The number of rotatable bonds is 4. The molecule has 0 bridgehead atoms. The normalized spacial score (nSPS) is 9.47. The smallest absolute Gasteiger partial charge is 0.276 e. The lowest BCUT2D eigenvalue weighted by atomic mass is 10.2. The van der Waals surface area contributed by atoms with E-state index in [0.717, 1.165) is 12.3 Å². The summed E-state index contributed by atoms with van der Waals surface area (Å²) in [6, 6.07) is 0.895. The number of hydroxylamine groups is 1. The maximum absolute atomic E-state index is 13.2. The maximum atomic E-state index is 13.2. The molecule has 0 aliphatic rings. The van der Waals surface area contributed by atoms with E-state index in [1.165, 1.54) is 5.48 Å². The molecule has 80 valence electrons. The molecule has 6 nitrogen and oxygen atoms in total. The van der Waals surface area contributed by atoms with E-state index in [1.54, 1.807) is 0 Å². The number of aldehydes is 1. The number of carbonyl (C=O) groups is 2. The zero-order chi connectivity index (χ0) is 11.3. The average molecular weight is 213 g/mol. The highest BCUT2D eigenvalue weighted by atomic mass is 19.1. The van der Waals surface area contributed by atoms with Gasteiger partial charge in [-0.2, -0.15) is 0 Å². The van der Waals surface area contributed by atoms with E-state index in [-0.39, 0.29) is 17.9 Å². The van der Waals surface area contributed by atoms with Gasteiger partial charge in [0.1, 0.15) is 6.29 Å². The van der Waals surface area contributed by atoms with E-state index in [0.29, 0.717) is 6.29 Å². The molecular weight excluding hydrogens is 205 g/mol. The molecule has 0 aliphatic carbocycles. The molecule has 0 unspecified atom stereocenters. The van der Waals surface area contributed by atoms with Crippen LogP contribution >= 0.6 is 0 Å². The lowest BCUT2D eigenvalue weighted by Gasteiger charge is -2.04. The number of aromatic nitrogens is 1. The van der Waals surface area contributed by atoms with Crippen LogP contribution in [0.15, 0.2) is 12.3 Å². The first-order chi connectivity index (χ1) is 7.19. The van der Waals surface area contributed by atoms with Crippen LogP contribution < -0.4 is 10.8 Å². The van der Waals surface area contributed by atoms with Crippen LogP contribution in [0.5, 0.6) is 0 Å². The fourth-order valence-electron chi connectivity index (χ4n) is 0.895. The number of amides is 1. The molecule has 0 radical (unpaired) electrons. The second-order valence-corrected chi connectivity index (χ2v) is 2.54. The highest BCUT2D eigenvalue weighted by Gasteiger charge is 2.09. The van der Waals surface area contributed by atoms with Crippen molar-refractivity contribution >= 4 is 18.0 Å². The summed E-state index contributed by atoms with van der Waals surface area (Å²) in [5, 5.41) is 10.7. The third-order valence-corrected chi connectivity index (χ3v) is 1.56. The SMILES string of the molecule is O=CCNc1ncc(C(=O)NO)cc1F. The summed E-state index contributed by atoms with van der Waals surface area (Å²) >= 11 is 0. The fraction of sp³-hybridized carbons (Fsp3) is 0.125. The first kappa shape index (κ1) is 11.1.